The molecule has 0 aromatic heterocycles. The predicted molar refractivity (Wildman–Crippen MR) is 106 cm³/mol. The SMILES string of the molecule is COc1ccc(OC)c(/C=C/C(=O)OC(C)C(=O)Nc2ccc([N+](=O)[O-])cc2)c1. The number of ether oxygens (including phenoxy) is 3. The zero-order valence-electron chi connectivity index (χ0n) is 16.1. The molecule has 0 fully saturated rings. The van der Waals surface area contributed by atoms with Crippen molar-refractivity contribution in [3.63, 3.8) is 0 Å². The minimum atomic E-state index is -1.07. The van der Waals surface area contributed by atoms with Crippen LogP contribution in [-0.4, -0.2) is 37.1 Å². The van der Waals surface area contributed by atoms with Crippen LogP contribution in [0, 0.1) is 10.1 Å². The van der Waals surface area contributed by atoms with E-state index in [9.17, 15) is 19.7 Å². The molecule has 0 saturated carbocycles. The molecule has 9 heteroatoms. The molecule has 0 aliphatic heterocycles. The van der Waals surface area contributed by atoms with Crippen molar-refractivity contribution in [1.29, 1.82) is 0 Å². The number of hydrogen-bond acceptors (Lipinski definition) is 7. The molecule has 0 heterocycles. The first-order chi connectivity index (χ1) is 13.8. The maximum absolute atomic E-state index is 12.1. The van der Waals surface area contributed by atoms with E-state index >= 15 is 0 Å². The molecule has 0 saturated heterocycles. The molecule has 2 rings (SSSR count). The van der Waals surface area contributed by atoms with E-state index in [0.29, 0.717) is 22.7 Å². The highest BCUT2D eigenvalue weighted by molar-refractivity contribution is 5.96. The molecule has 1 atom stereocenters. The highest BCUT2D eigenvalue weighted by Crippen LogP contribution is 2.25. The molecule has 0 aliphatic carbocycles. The smallest absolute Gasteiger partial charge is 0.331 e. The van der Waals surface area contributed by atoms with Crippen LogP contribution in [0.1, 0.15) is 12.5 Å². The van der Waals surface area contributed by atoms with Gasteiger partial charge in [0.15, 0.2) is 6.10 Å². The molecule has 1 N–H and O–H groups in total. The van der Waals surface area contributed by atoms with Crippen LogP contribution in [0.25, 0.3) is 6.08 Å². The van der Waals surface area contributed by atoms with E-state index < -0.39 is 22.9 Å². The van der Waals surface area contributed by atoms with E-state index in [1.807, 2.05) is 0 Å². The summed E-state index contributed by atoms with van der Waals surface area (Å²) in [5.74, 6) is -0.158. The fraction of sp³-hybridized carbons (Fsp3) is 0.200. The summed E-state index contributed by atoms with van der Waals surface area (Å²) in [7, 11) is 3.02. The summed E-state index contributed by atoms with van der Waals surface area (Å²) in [5, 5.41) is 13.2. The van der Waals surface area contributed by atoms with E-state index in [1.54, 1.807) is 18.2 Å². The van der Waals surface area contributed by atoms with E-state index in [4.69, 9.17) is 14.2 Å². The fourth-order valence-corrected chi connectivity index (χ4v) is 2.30. The summed E-state index contributed by atoms with van der Waals surface area (Å²) < 4.78 is 15.4. The number of nitrogens with one attached hydrogen (secondary N) is 1. The molecule has 0 aliphatic rings. The van der Waals surface area contributed by atoms with Gasteiger partial charge in [0.2, 0.25) is 0 Å². The quantitative estimate of drug-likeness (QED) is 0.313. The van der Waals surface area contributed by atoms with Crippen LogP contribution in [0.4, 0.5) is 11.4 Å². The Morgan fingerprint density at radius 1 is 1.10 bits per heavy atom. The van der Waals surface area contributed by atoms with Crippen LogP contribution in [0.15, 0.2) is 48.5 Å². The Kier molecular flexibility index (Phi) is 7.30. The largest absolute Gasteiger partial charge is 0.497 e. The lowest BCUT2D eigenvalue weighted by atomic mass is 10.1. The monoisotopic (exact) mass is 400 g/mol. The number of benzene rings is 2. The lowest BCUT2D eigenvalue weighted by molar-refractivity contribution is -0.384. The molecule has 9 nitrogen and oxygen atoms in total. The number of carbonyl (C=O) groups is 2. The number of nitro benzene ring substituents is 1. The van der Waals surface area contributed by atoms with Crippen LogP contribution in [0.3, 0.4) is 0 Å². The average Bonchev–Trinajstić information content (AvgIpc) is 2.72. The zero-order valence-corrected chi connectivity index (χ0v) is 16.1. The van der Waals surface area contributed by atoms with Gasteiger partial charge in [-0.1, -0.05) is 0 Å². The van der Waals surface area contributed by atoms with Crippen molar-refractivity contribution in [3.8, 4) is 11.5 Å². The number of methoxy groups -OCH3 is 2. The summed E-state index contributed by atoms with van der Waals surface area (Å²) in [6.45, 7) is 1.42. The second-order valence-corrected chi connectivity index (χ2v) is 5.81. The Balaban J connectivity index is 1.96. The van der Waals surface area contributed by atoms with Gasteiger partial charge < -0.3 is 19.5 Å². The molecule has 152 valence electrons. The number of nitro groups is 1. The first-order valence-corrected chi connectivity index (χ1v) is 8.50. The molecule has 1 unspecified atom stereocenters. The molecule has 0 radical (unpaired) electrons. The third-order valence-corrected chi connectivity index (χ3v) is 3.84. The van der Waals surface area contributed by atoms with E-state index in [-0.39, 0.29) is 5.69 Å². The Morgan fingerprint density at radius 3 is 2.38 bits per heavy atom. The van der Waals surface area contributed by atoms with E-state index in [2.05, 4.69) is 5.32 Å². The lowest BCUT2D eigenvalue weighted by Crippen LogP contribution is -2.29. The van der Waals surface area contributed by atoms with Gasteiger partial charge in [0, 0.05) is 29.5 Å². The summed E-state index contributed by atoms with van der Waals surface area (Å²) in [5.41, 5.74) is 0.854. The van der Waals surface area contributed by atoms with Gasteiger partial charge in [0.25, 0.3) is 11.6 Å². The average molecular weight is 400 g/mol. The first kappa shape index (κ1) is 21.4. The predicted octanol–water partition coefficient (Wildman–Crippen LogP) is 3.20. The van der Waals surface area contributed by atoms with Crippen LogP contribution in [0.2, 0.25) is 0 Å². The molecule has 29 heavy (non-hydrogen) atoms. The van der Waals surface area contributed by atoms with Crippen LogP contribution < -0.4 is 14.8 Å². The molecular weight excluding hydrogens is 380 g/mol. The number of non-ortho nitro benzene ring substituents is 1. The van der Waals surface area contributed by atoms with Crippen molar-refractivity contribution in [2.45, 2.75) is 13.0 Å². The minimum absolute atomic E-state index is 0.0967. The van der Waals surface area contributed by atoms with Crippen LogP contribution >= 0.6 is 0 Å². The number of carbonyl (C=O) groups excluding carboxylic acids is 2. The van der Waals surface area contributed by atoms with Crippen molar-refractivity contribution in [2.24, 2.45) is 0 Å². The van der Waals surface area contributed by atoms with Crippen molar-refractivity contribution in [1.82, 2.24) is 0 Å². The maximum Gasteiger partial charge on any atom is 0.331 e. The third-order valence-electron chi connectivity index (χ3n) is 3.84. The van der Waals surface area contributed by atoms with Gasteiger partial charge >= 0.3 is 5.97 Å². The van der Waals surface area contributed by atoms with Gasteiger partial charge in [-0.25, -0.2) is 4.79 Å². The number of amides is 1. The topological polar surface area (TPSA) is 117 Å². The molecule has 1 amide bonds. The van der Waals surface area contributed by atoms with Gasteiger partial charge in [-0.2, -0.15) is 0 Å². The van der Waals surface area contributed by atoms with E-state index in [1.165, 1.54) is 57.6 Å². The molecule has 0 spiro atoms. The molecule has 2 aromatic carbocycles. The second-order valence-electron chi connectivity index (χ2n) is 5.81. The maximum atomic E-state index is 12.1. The van der Waals surface area contributed by atoms with Crippen molar-refractivity contribution in [2.75, 3.05) is 19.5 Å². The summed E-state index contributed by atoms with van der Waals surface area (Å²) >= 11 is 0. The summed E-state index contributed by atoms with van der Waals surface area (Å²) in [4.78, 5) is 34.3. The fourth-order valence-electron chi connectivity index (χ4n) is 2.30. The number of hydrogen-bond donors (Lipinski definition) is 1. The van der Waals surface area contributed by atoms with Crippen molar-refractivity contribution < 1.29 is 28.7 Å². The normalized spacial score (nSPS) is 11.6. The van der Waals surface area contributed by atoms with Gasteiger partial charge in [-0.3, -0.25) is 14.9 Å². The summed E-state index contributed by atoms with van der Waals surface area (Å²) in [6.07, 6.45) is 1.59. The van der Waals surface area contributed by atoms with Gasteiger partial charge in [-0.05, 0) is 43.3 Å². The van der Waals surface area contributed by atoms with Gasteiger partial charge in [0.1, 0.15) is 11.5 Å². The van der Waals surface area contributed by atoms with Crippen LogP contribution in [-0.2, 0) is 14.3 Å². The second kappa shape index (κ2) is 9.88. The third kappa shape index (κ3) is 6.06. The zero-order chi connectivity index (χ0) is 21.4. The summed E-state index contributed by atoms with van der Waals surface area (Å²) in [6, 6.07) is 10.4. The van der Waals surface area contributed by atoms with Crippen molar-refractivity contribution in [3.05, 3.63) is 64.2 Å². The van der Waals surface area contributed by atoms with Crippen LogP contribution in [0.5, 0.6) is 11.5 Å². The highest BCUT2D eigenvalue weighted by Gasteiger charge is 2.17. The Labute approximate surface area is 167 Å². The Bertz CT molecular complexity index is 923. The molecule has 0 bridgehead atoms. The lowest BCUT2D eigenvalue weighted by Gasteiger charge is -2.12. The molecular formula is C20H20N2O7. The van der Waals surface area contributed by atoms with Gasteiger partial charge in [0.05, 0.1) is 19.1 Å². The highest BCUT2D eigenvalue weighted by atomic mass is 16.6. The number of rotatable bonds is 8. The standard InChI is InChI=1S/C20H20N2O7/c1-13(20(24)21-15-5-7-16(8-6-15)22(25)26)29-19(23)11-4-14-12-17(27-2)9-10-18(14)28-3/h4-13H,1-3H3,(H,21,24)/b11-4+. The number of nitrogens with zero attached hydrogens (tertiary/aromatic N) is 1. The van der Waals surface area contributed by atoms with Gasteiger partial charge in [-0.15, -0.1) is 0 Å². The van der Waals surface area contributed by atoms with E-state index in [0.717, 1.165) is 0 Å². The Morgan fingerprint density at radius 2 is 1.79 bits per heavy atom. The first-order valence-electron chi connectivity index (χ1n) is 8.50. The number of esters is 1. The minimum Gasteiger partial charge on any atom is -0.497 e. The number of anilines is 1. The van der Waals surface area contributed by atoms with Crippen molar-refractivity contribution >= 4 is 29.3 Å². The molecule has 2 aromatic rings. The Hall–Kier alpha value is -3.88.